The Bertz CT molecular complexity index is 617. The number of nitrogens with one attached hydrogen (secondary N) is 2. The van der Waals surface area contributed by atoms with Gasteiger partial charge < -0.3 is 10.6 Å². The van der Waals surface area contributed by atoms with Crippen LogP contribution in [-0.4, -0.2) is 5.11 Å². The lowest BCUT2D eigenvalue weighted by Gasteiger charge is -2.18. The number of benzene rings is 2. The molecule has 5 heteroatoms. The minimum Gasteiger partial charge on any atom is -0.359 e. The molecule has 0 aromatic heterocycles. The maximum Gasteiger partial charge on any atom is 0.167 e. The average Bonchev–Trinajstić information content (AvgIpc) is 2.46. The zero-order valence-corrected chi connectivity index (χ0v) is 13.9. The normalized spacial score (nSPS) is 11.8. The molecule has 0 aliphatic carbocycles. The molecular weight excluding hydrogens is 323 g/mol. The van der Waals surface area contributed by atoms with Gasteiger partial charge in [0.05, 0.1) is 6.04 Å². The molecule has 2 aromatic rings. The van der Waals surface area contributed by atoms with E-state index in [1.807, 2.05) is 37.3 Å². The summed E-state index contributed by atoms with van der Waals surface area (Å²) in [5.74, 6) is 0. The Balaban J connectivity index is 1.90. The molecule has 0 heterocycles. The van der Waals surface area contributed by atoms with Gasteiger partial charge in [0.1, 0.15) is 0 Å². The fourth-order valence-electron chi connectivity index (χ4n) is 1.96. The lowest BCUT2D eigenvalue weighted by molar-refractivity contribution is 0.698. The van der Waals surface area contributed by atoms with Crippen molar-refractivity contribution in [2.75, 3.05) is 0 Å². The van der Waals surface area contributed by atoms with Crippen molar-refractivity contribution in [2.24, 2.45) is 0 Å². The Morgan fingerprint density at radius 2 is 1.86 bits per heavy atom. The van der Waals surface area contributed by atoms with Crippen LogP contribution in [0.15, 0.2) is 48.5 Å². The monoisotopic (exact) mass is 338 g/mol. The highest BCUT2D eigenvalue weighted by atomic mass is 35.5. The van der Waals surface area contributed by atoms with Crippen molar-refractivity contribution >= 4 is 40.5 Å². The van der Waals surface area contributed by atoms with Crippen LogP contribution in [0.2, 0.25) is 10.0 Å². The van der Waals surface area contributed by atoms with E-state index in [1.54, 1.807) is 6.07 Å². The lowest BCUT2D eigenvalue weighted by Crippen LogP contribution is -2.36. The van der Waals surface area contributed by atoms with E-state index in [1.165, 1.54) is 5.56 Å². The van der Waals surface area contributed by atoms with Crippen LogP contribution in [-0.2, 0) is 6.54 Å². The van der Waals surface area contributed by atoms with Crippen molar-refractivity contribution < 1.29 is 0 Å². The summed E-state index contributed by atoms with van der Waals surface area (Å²) in [5, 5.41) is 8.25. The molecule has 0 fully saturated rings. The smallest absolute Gasteiger partial charge is 0.167 e. The van der Waals surface area contributed by atoms with Crippen molar-refractivity contribution in [2.45, 2.75) is 19.5 Å². The van der Waals surface area contributed by atoms with E-state index in [4.69, 9.17) is 35.4 Å². The fourth-order valence-corrected chi connectivity index (χ4v) is 2.78. The van der Waals surface area contributed by atoms with Crippen LogP contribution in [0.3, 0.4) is 0 Å². The summed E-state index contributed by atoms with van der Waals surface area (Å²) in [6.07, 6.45) is 0. The molecule has 21 heavy (non-hydrogen) atoms. The van der Waals surface area contributed by atoms with Crippen molar-refractivity contribution in [1.29, 1.82) is 0 Å². The summed E-state index contributed by atoms with van der Waals surface area (Å²) < 4.78 is 0. The molecular formula is C16H16Cl2N2S. The second kappa shape index (κ2) is 7.64. The van der Waals surface area contributed by atoms with Crippen molar-refractivity contribution in [1.82, 2.24) is 10.6 Å². The first kappa shape index (κ1) is 16.1. The third kappa shape index (κ3) is 4.88. The van der Waals surface area contributed by atoms with Crippen molar-refractivity contribution in [3.05, 3.63) is 69.7 Å². The third-order valence-electron chi connectivity index (χ3n) is 3.07. The quantitative estimate of drug-likeness (QED) is 0.789. The summed E-state index contributed by atoms with van der Waals surface area (Å²) in [5.41, 5.74) is 2.14. The van der Waals surface area contributed by atoms with Crippen LogP contribution in [0.25, 0.3) is 0 Å². The van der Waals surface area contributed by atoms with Crippen LogP contribution < -0.4 is 10.6 Å². The predicted molar refractivity (Wildman–Crippen MR) is 93.9 cm³/mol. The molecule has 2 nitrogen and oxygen atoms in total. The van der Waals surface area contributed by atoms with Gasteiger partial charge in [0, 0.05) is 16.6 Å². The van der Waals surface area contributed by atoms with E-state index < -0.39 is 0 Å². The molecule has 2 rings (SSSR count). The molecule has 1 atom stereocenters. The first-order valence-electron chi connectivity index (χ1n) is 6.59. The number of halogens is 2. The summed E-state index contributed by atoms with van der Waals surface area (Å²) in [7, 11) is 0. The highest BCUT2D eigenvalue weighted by molar-refractivity contribution is 7.80. The van der Waals surface area contributed by atoms with Gasteiger partial charge in [0.2, 0.25) is 0 Å². The lowest BCUT2D eigenvalue weighted by atomic mass is 10.1. The van der Waals surface area contributed by atoms with Gasteiger partial charge in [-0.05, 0) is 42.4 Å². The maximum atomic E-state index is 6.19. The molecule has 0 aliphatic rings. The molecule has 0 spiro atoms. The molecule has 0 aliphatic heterocycles. The largest absolute Gasteiger partial charge is 0.359 e. The predicted octanol–water partition coefficient (Wildman–Crippen LogP) is 4.72. The molecule has 0 radical (unpaired) electrons. The highest BCUT2D eigenvalue weighted by Gasteiger charge is 2.11. The van der Waals surface area contributed by atoms with Gasteiger partial charge in [-0.3, -0.25) is 0 Å². The number of thiocarbonyl (C=S) groups is 1. The van der Waals surface area contributed by atoms with Gasteiger partial charge in [-0.15, -0.1) is 0 Å². The summed E-state index contributed by atoms with van der Waals surface area (Å²) in [6, 6.07) is 15.6. The first-order valence-corrected chi connectivity index (χ1v) is 7.76. The zero-order chi connectivity index (χ0) is 15.2. The highest BCUT2D eigenvalue weighted by Crippen LogP contribution is 2.25. The Morgan fingerprint density at radius 1 is 1.14 bits per heavy atom. The van der Waals surface area contributed by atoms with Crippen LogP contribution in [0.1, 0.15) is 24.1 Å². The van der Waals surface area contributed by atoms with E-state index in [0.29, 0.717) is 21.7 Å². The Hall–Kier alpha value is -1.29. The zero-order valence-electron chi connectivity index (χ0n) is 11.6. The van der Waals surface area contributed by atoms with Gasteiger partial charge in [0.25, 0.3) is 0 Å². The SMILES string of the molecule is C[C@H](NC(=S)NCc1ccccc1)c1ccc(Cl)cc1Cl. The Labute approximate surface area is 140 Å². The van der Waals surface area contributed by atoms with Gasteiger partial charge in [-0.2, -0.15) is 0 Å². The molecule has 0 saturated carbocycles. The van der Waals surface area contributed by atoms with E-state index >= 15 is 0 Å². The number of hydrogen-bond acceptors (Lipinski definition) is 1. The molecule has 0 amide bonds. The van der Waals surface area contributed by atoms with Crippen molar-refractivity contribution in [3.8, 4) is 0 Å². The fraction of sp³-hybridized carbons (Fsp3) is 0.188. The van der Waals surface area contributed by atoms with Crippen molar-refractivity contribution in [3.63, 3.8) is 0 Å². The first-order chi connectivity index (χ1) is 10.1. The van der Waals surface area contributed by atoms with Crippen LogP contribution in [0, 0.1) is 0 Å². The van der Waals surface area contributed by atoms with Crippen LogP contribution in [0.4, 0.5) is 0 Å². The maximum absolute atomic E-state index is 6.19. The number of rotatable bonds is 4. The van der Waals surface area contributed by atoms with E-state index in [0.717, 1.165) is 5.56 Å². The van der Waals surface area contributed by atoms with Gasteiger partial charge in [-0.1, -0.05) is 59.6 Å². The molecule has 0 saturated heterocycles. The standard InChI is InChI=1S/C16H16Cl2N2S/c1-11(14-8-7-13(17)9-15(14)18)20-16(21)19-10-12-5-3-2-4-6-12/h2-9,11H,10H2,1H3,(H2,19,20,21)/t11-/m0/s1. The molecule has 110 valence electrons. The minimum atomic E-state index is 0.00513. The second-order valence-electron chi connectivity index (χ2n) is 4.70. The summed E-state index contributed by atoms with van der Waals surface area (Å²) in [6.45, 7) is 2.69. The van der Waals surface area contributed by atoms with E-state index in [-0.39, 0.29) is 6.04 Å². The topological polar surface area (TPSA) is 24.1 Å². The molecule has 0 bridgehead atoms. The second-order valence-corrected chi connectivity index (χ2v) is 5.95. The van der Waals surface area contributed by atoms with E-state index in [9.17, 15) is 0 Å². The summed E-state index contributed by atoms with van der Waals surface area (Å²) in [4.78, 5) is 0. The average molecular weight is 339 g/mol. The van der Waals surface area contributed by atoms with Gasteiger partial charge in [0.15, 0.2) is 5.11 Å². The third-order valence-corrected chi connectivity index (χ3v) is 3.90. The minimum absolute atomic E-state index is 0.00513. The number of hydrogen-bond donors (Lipinski definition) is 2. The van der Waals surface area contributed by atoms with E-state index in [2.05, 4.69) is 22.8 Å². The molecule has 2 aromatic carbocycles. The Kier molecular flexibility index (Phi) is 5.85. The Morgan fingerprint density at radius 3 is 2.52 bits per heavy atom. The van der Waals surface area contributed by atoms with Crippen LogP contribution in [0.5, 0.6) is 0 Å². The van der Waals surface area contributed by atoms with Gasteiger partial charge >= 0.3 is 0 Å². The summed E-state index contributed by atoms with van der Waals surface area (Å²) >= 11 is 17.4. The molecule has 2 N–H and O–H groups in total. The van der Waals surface area contributed by atoms with Gasteiger partial charge in [-0.25, -0.2) is 0 Å². The van der Waals surface area contributed by atoms with Crippen LogP contribution >= 0.6 is 35.4 Å². The molecule has 0 unspecified atom stereocenters.